The molecule has 148 valence electrons. The van der Waals surface area contributed by atoms with Crippen molar-refractivity contribution in [3.63, 3.8) is 0 Å². The molecular formula is C19H21ClN4O3S. The molecule has 0 spiro atoms. The van der Waals surface area contributed by atoms with E-state index in [0.717, 1.165) is 40.7 Å². The van der Waals surface area contributed by atoms with Crippen LogP contribution in [0.1, 0.15) is 5.69 Å². The first-order valence-corrected chi connectivity index (χ1v) is 10.3. The molecule has 0 aliphatic carbocycles. The van der Waals surface area contributed by atoms with E-state index >= 15 is 0 Å². The number of hydrogen-bond donors (Lipinski definition) is 1. The number of anilines is 1. The Labute approximate surface area is 172 Å². The Morgan fingerprint density at radius 1 is 1.21 bits per heavy atom. The second-order valence-electron chi connectivity index (χ2n) is 6.25. The molecule has 0 radical (unpaired) electrons. The van der Waals surface area contributed by atoms with Gasteiger partial charge in [0.15, 0.2) is 16.7 Å². The van der Waals surface area contributed by atoms with Crippen molar-refractivity contribution in [2.75, 3.05) is 45.4 Å². The summed E-state index contributed by atoms with van der Waals surface area (Å²) in [6, 6.07) is 5.70. The predicted octanol–water partition coefficient (Wildman–Crippen LogP) is 3.76. The van der Waals surface area contributed by atoms with Crippen molar-refractivity contribution in [3.05, 3.63) is 35.1 Å². The minimum atomic E-state index is 0.616. The van der Waals surface area contributed by atoms with Crippen LogP contribution in [-0.4, -0.2) is 55.5 Å². The number of fused-ring (bicyclic) bond motifs is 1. The van der Waals surface area contributed by atoms with Gasteiger partial charge in [-0.3, -0.25) is 4.98 Å². The van der Waals surface area contributed by atoms with Gasteiger partial charge in [-0.1, -0.05) is 23.4 Å². The molecule has 0 amide bonds. The Morgan fingerprint density at radius 3 is 2.71 bits per heavy atom. The van der Waals surface area contributed by atoms with Gasteiger partial charge in [-0.2, -0.15) is 0 Å². The average molecular weight is 421 g/mol. The van der Waals surface area contributed by atoms with E-state index in [1.807, 2.05) is 18.2 Å². The number of aromatic nitrogens is 3. The molecular weight excluding hydrogens is 400 g/mol. The summed E-state index contributed by atoms with van der Waals surface area (Å²) >= 11 is 8.20. The summed E-state index contributed by atoms with van der Waals surface area (Å²) in [5.41, 5.74) is 3.56. The monoisotopic (exact) mass is 420 g/mol. The van der Waals surface area contributed by atoms with Gasteiger partial charge in [-0.15, -0.1) is 0 Å². The van der Waals surface area contributed by atoms with Crippen LogP contribution in [0.5, 0.6) is 11.5 Å². The standard InChI is InChI=1S/C19H21ClN4O3S/c1-25-16-9-12-13(10-17(16)26-2)23-19(22-12)28-11-14-18(20)15(3-4-21-14)24-5-7-27-8-6-24/h3-4,9-10H,5-8,11H2,1-2H3,(H,22,23). The number of H-pyrrole nitrogens is 1. The number of hydrogen-bond acceptors (Lipinski definition) is 7. The second kappa shape index (κ2) is 8.46. The predicted molar refractivity (Wildman–Crippen MR) is 111 cm³/mol. The van der Waals surface area contributed by atoms with E-state index in [4.69, 9.17) is 25.8 Å². The Balaban J connectivity index is 1.53. The Kier molecular flexibility index (Phi) is 5.79. The summed E-state index contributed by atoms with van der Waals surface area (Å²) in [4.78, 5) is 14.6. The number of pyridine rings is 1. The van der Waals surface area contributed by atoms with Gasteiger partial charge in [-0.25, -0.2) is 4.98 Å². The Morgan fingerprint density at radius 2 is 1.96 bits per heavy atom. The van der Waals surface area contributed by atoms with Gasteiger partial charge >= 0.3 is 0 Å². The summed E-state index contributed by atoms with van der Waals surface area (Å²) < 4.78 is 16.1. The van der Waals surface area contributed by atoms with Gasteiger partial charge in [0.25, 0.3) is 0 Å². The summed E-state index contributed by atoms with van der Waals surface area (Å²) in [5, 5.41) is 1.48. The van der Waals surface area contributed by atoms with Crippen LogP contribution < -0.4 is 14.4 Å². The number of rotatable bonds is 6. The van der Waals surface area contributed by atoms with Crippen molar-refractivity contribution < 1.29 is 14.2 Å². The maximum atomic E-state index is 6.64. The van der Waals surface area contributed by atoms with Crippen molar-refractivity contribution in [2.24, 2.45) is 0 Å². The van der Waals surface area contributed by atoms with Crippen molar-refractivity contribution in [1.29, 1.82) is 0 Å². The van der Waals surface area contributed by atoms with E-state index < -0.39 is 0 Å². The lowest BCUT2D eigenvalue weighted by atomic mass is 10.3. The normalized spacial score (nSPS) is 14.5. The summed E-state index contributed by atoms with van der Waals surface area (Å²) in [6.07, 6.45) is 1.81. The lowest BCUT2D eigenvalue weighted by molar-refractivity contribution is 0.122. The first-order valence-electron chi connectivity index (χ1n) is 8.90. The summed E-state index contributed by atoms with van der Waals surface area (Å²) in [7, 11) is 3.23. The van der Waals surface area contributed by atoms with Crippen LogP contribution in [0.25, 0.3) is 11.0 Å². The first kappa shape index (κ1) is 19.2. The van der Waals surface area contributed by atoms with E-state index in [2.05, 4.69) is 19.9 Å². The van der Waals surface area contributed by atoms with E-state index in [0.29, 0.717) is 35.5 Å². The number of morpholine rings is 1. The van der Waals surface area contributed by atoms with Crippen molar-refractivity contribution in [2.45, 2.75) is 10.9 Å². The third-order valence-corrected chi connectivity index (χ3v) is 5.90. The summed E-state index contributed by atoms with van der Waals surface area (Å²) in [5.74, 6) is 1.93. The van der Waals surface area contributed by atoms with Crippen LogP contribution >= 0.6 is 23.4 Å². The molecule has 9 heteroatoms. The third kappa shape index (κ3) is 3.85. The fourth-order valence-corrected chi connectivity index (χ4v) is 4.36. The zero-order chi connectivity index (χ0) is 19.5. The molecule has 0 unspecified atom stereocenters. The van der Waals surface area contributed by atoms with Crippen molar-refractivity contribution in [1.82, 2.24) is 15.0 Å². The van der Waals surface area contributed by atoms with E-state index in [1.165, 1.54) is 0 Å². The smallest absolute Gasteiger partial charge is 0.166 e. The zero-order valence-electron chi connectivity index (χ0n) is 15.7. The van der Waals surface area contributed by atoms with Crippen LogP contribution in [0.15, 0.2) is 29.6 Å². The van der Waals surface area contributed by atoms with Crippen LogP contribution in [0.3, 0.4) is 0 Å². The maximum absolute atomic E-state index is 6.64. The van der Waals surface area contributed by atoms with E-state index in [9.17, 15) is 0 Å². The fraction of sp³-hybridized carbons (Fsp3) is 0.368. The number of nitrogens with zero attached hydrogens (tertiary/aromatic N) is 3. The van der Waals surface area contributed by atoms with Gasteiger partial charge in [0, 0.05) is 37.2 Å². The lowest BCUT2D eigenvalue weighted by Gasteiger charge is -2.29. The molecule has 4 rings (SSSR count). The molecule has 1 aromatic carbocycles. The maximum Gasteiger partial charge on any atom is 0.166 e. The van der Waals surface area contributed by atoms with Crippen LogP contribution in [0.2, 0.25) is 5.02 Å². The molecule has 2 aromatic heterocycles. The quantitative estimate of drug-likeness (QED) is 0.608. The fourth-order valence-electron chi connectivity index (χ4n) is 3.14. The molecule has 0 bridgehead atoms. The molecule has 1 saturated heterocycles. The van der Waals surface area contributed by atoms with Crippen molar-refractivity contribution in [3.8, 4) is 11.5 Å². The van der Waals surface area contributed by atoms with Gasteiger partial charge in [-0.05, 0) is 6.07 Å². The van der Waals surface area contributed by atoms with Gasteiger partial charge in [0.2, 0.25) is 0 Å². The molecule has 28 heavy (non-hydrogen) atoms. The number of ether oxygens (including phenoxy) is 3. The summed E-state index contributed by atoms with van der Waals surface area (Å²) in [6.45, 7) is 3.11. The SMILES string of the molecule is COc1cc2nc(SCc3nccc(N4CCOCC4)c3Cl)[nH]c2cc1OC. The van der Waals surface area contributed by atoms with Gasteiger partial charge in [0.1, 0.15) is 0 Å². The molecule has 1 N–H and O–H groups in total. The second-order valence-corrected chi connectivity index (χ2v) is 7.59. The average Bonchev–Trinajstić information content (AvgIpc) is 3.14. The minimum Gasteiger partial charge on any atom is -0.493 e. The number of thioether (sulfide) groups is 1. The molecule has 1 fully saturated rings. The Bertz CT molecular complexity index is 934. The van der Waals surface area contributed by atoms with E-state index in [1.54, 1.807) is 32.2 Å². The lowest BCUT2D eigenvalue weighted by Crippen LogP contribution is -2.36. The Hall–Kier alpha value is -2.16. The third-order valence-electron chi connectivity index (χ3n) is 4.60. The number of halogens is 1. The minimum absolute atomic E-state index is 0.616. The largest absolute Gasteiger partial charge is 0.493 e. The molecule has 0 atom stereocenters. The van der Waals surface area contributed by atoms with Crippen molar-refractivity contribution >= 4 is 40.1 Å². The highest BCUT2D eigenvalue weighted by atomic mass is 35.5. The van der Waals surface area contributed by atoms with Gasteiger partial charge < -0.3 is 24.1 Å². The van der Waals surface area contributed by atoms with E-state index in [-0.39, 0.29) is 0 Å². The molecule has 1 aliphatic heterocycles. The number of nitrogens with one attached hydrogen (secondary N) is 1. The van der Waals surface area contributed by atoms with Crippen LogP contribution in [0.4, 0.5) is 5.69 Å². The highest BCUT2D eigenvalue weighted by Gasteiger charge is 2.17. The number of aromatic amines is 1. The number of methoxy groups -OCH3 is 2. The van der Waals surface area contributed by atoms with Crippen LogP contribution in [0, 0.1) is 0 Å². The molecule has 3 aromatic rings. The number of benzene rings is 1. The molecule has 1 aliphatic rings. The topological polar surface area (TPSA) is 72.5 Å². The first-order chi connectivity index (χ1) is 13.7. The molecule has 3 heterocycles. The zero-order valence-corrected chi connectivity index (χ0v) is 17.3. The number of imidazole rings is 1. The molecule has 0 saturated carbocycles. The highest BCUT2D eigenvalue weighted by Crippen LogP contribution is 2.34. The highest BCUT2D eigenvalue weighted by molar-refractivity contribution is 7.98. The van der Waals surface area contributed by atoms with Gasteiger partial charge in [0.05, 0.1) is 54.9 Å². The molecule has 7 nitrogen and oxygen atoms in total. The van der Waals surface area contributed by atoms with Crippen LogP contribution in [-0.2, 0) is 10.5 Å².